The third-order valence-corrected chi connectivity index (χ3v) is 4.20. The first-order valence-corrected chi connectivity index (χ1v) is 8.63. The van der Waals surface area contributed by atoms with E-state index in [-0.39, 0.29) is 24.3 Å². The molecule has 0 saturated heterocycles. The van der Waals surface area contributed by atoms with Crippen molar-refractivity contribution in [2.24, 2.45) is 5.92 Å². The maximum atomic E-state index is 12.8. The molecule has 0 saturated carbocycles. The Morgan fingerprint density at radius 2 is 1.69 bits per heavy atom. The van der Waals surface area contributed by atoms with Crippen LogP contribution in [0.5, 0.6) is 5.75 Å². The lowest BCUT2D eigenvalue weighted by atomic mass is 9.98. The van der Waals surface area contributed by atoms with Crippen LogP contribution >= 0.6 is 0 Å². The van der Waals surface area contributed by atoms with Gasteiger partial charge in [-0.15, -0.1) is 0 Å². The van der Waals surface area contributed by atoms with Gasteiger partial charge in [0.2, 0.25) is 5.91 Å². The van der Waals surface area contributed by atoms with E-state index in [0.29, 0.717) is 11.4 Å². The van der Waals surface area contributed by atoms with Crippen LogP contribution in [0.3, 0.4) is 0 Å². The number of amides is 2. The van der Waals surface area contributed by atoms with E-state index in [0.717, 1.165) is 5.56 Å². The highest BCUT2D eigenvalue weighted by Crippen LogP contribution is 2.23. The number of carbonyl (C=O) groups excluding carboxylic acids is 2. The molecule has 0 bridgehead atoms. The van der Waals surface area contributed by atoms with Crippen LogP contribution in [0.15, 0.2) is 66.9 Å². The van der Waals surface area contributed by atoms with Crippen molar-refractivity contribution >= 4 is 17.5 Å². The van der Waals surface area contributed by atoms with Crippen LogP contribution in [0.25, 0.3) is 5.70 Å². The van der Waals surface area contributed by atoms with Crippen LogP contribution < -0.4 is 10.1 Å². The van der Waals surface area contributed by atoms with Crippen LogP contribution in [0, 0.1) is 5.92 Å². The van der Waals surface area contributed by atoms with Crippen LogP contribution in [0.4, 0.5) is 0 Å². The minimum atomic E-state index is -0.561. The highest BCUT2D eigenvalue weighted by molar-refractivity contribution is 5.97. The summed E-state index contributed by atoms with van der Waals surface area (Å²) in [6.07, 6.45) is 1.71. The number of hydrogen-bond acceptors (Lipinski definition) is 3. The van der Waals surface area contributed by atoms with Gasteiger partial charge in [0.25, 0.3) is 5.91 Å². The molecule has 5 nitrogen and oxygen atoms in total. The molecule has 2 aromatic carbocycles. The molecule has 3 rings (SSSR count). The zero-order valence-corrected chi connectivity index (χ0v) is 14.9. The lowest BCUT2D eigenvalue weighted by Gasteiger charge is -2.35. The van der Waals surface area contributed by atoms with Crippen molar-refractivity contribution in [3.63, 3.8) is 0 Å². The van der Waals surface area contributed by atoms with Gasteiger partial charge in [0.05, 0.1) is 5.70 Å². The number of hydrogen-bond donors (Lipinski definition) is 1. The largest absolute Gasteiger partial charge is 0.484 e. The highest BCUT2D eigenvalue weighted by atomic mass is 16.5. The first-order valence-electron chi connectivity index (χ1n) is 8.63. The first-order chi connectivity index (χ1) is 12.6. The normalized spacial score (nSPS) is 16.9. The highest BCUT2D eigenvalue weighted by Gasteiger charge is 2.35. The van der Waals surface area contributed by atoms with Crippen molar-refractivity contribution < 1.29 is 14.3 Å². The SMILES string of the molecule is CC(C)C1C(=O)NC(c2ccccc2)=CN1C(=O)COc1ccccc1. The molecule has 0 fully saturated rings. The predicted octanol–water partition coefficient (Wildman–Crippen LogP) is 3.05. The number of para-hydroxylation sites is 1. The molecule has 2 amide bonds. The van der Waals surface area contributed by atoms with Crippen molar-refractivity contribution in [3.05, 3.63) is 72.4 Å². The molecule has 1 aliphatic heterocycles. The number of ether oxygens (including phenoxy) is 1. The summed E-state index contributed by atoms with van der Waals surface area (Å²) >= 11 is 0. The maximum Gasteiger partial charge on any atom is 0.265 e. The summed E-state index contributed by atoms with van der Waals surface area (Å²) in [5.41, 5.74) is 1.46. The maximum absolute atomic E-state index is 12.8. The van der Waals surface area contributed by atoms with Gasteiger partial charge >= 0.3 is 0 Å². The topological polar surface area (TPSA) is 58.6 Å². The van der Waals surface area contributed by atoms with Crippen LogP contribution in [-0.4, -0.2) is 29.4 Å². The van der Waals surface area contributed by atoms with Crippen molar-refractivity contribution in [1.82, 2.24) is 10.2 Å². The summed E-state index contributed by atoms with van der Waals surface area (Å²) in [7, 11) is 0. The average molecular weight is 350 g/mol. The van der Waals surface area contributed by atoms with Crippen molar-refractivity contribution in [1.29, 1.82) is 0 Å². The molecule has 0 aromatic heterocycles. The van der Waals surface area contributed by atoms with E-state index in [9.17, 15) is 9.59 Å². The second-order valence-corrected chi connectivity index (χ2v) is 6.49. The van der Waals surface area contributed by atoms with E-state index in [2.05, 4.69) is 5.32 Å². The lowest BCUT2D eigenvalue weighted by Crippen LogP contribution is -2.54. The Kier molecular flexibility index (Phi) is 5.37. The van der Waals surface area contributed by atoms with E-state index >= 15 is 0 Å². The molecule has 5 heteroatoms. The van der Waals surface area contributed by atoms with Gasteiger partial charge in [-0.25, -0.2) is 0 Å². The van der Waals surface area contributed by atoms with Gasteiger partial charge < -0.3 is 15.0 Å². The van der Waals surface area contributed by atoms with Gasteiger partial charge in [-0.1, -0.05) is 62.4 Å². The van der Waals surface area contributed by atoms with E-state index in [1.807, 2.05) is 62.4 Å². The second kappa shape index (κ2) is 7.87. The Hall–Kier alpha value is -3.08. The van der Waals surface area contributed by atoms with Crippen LogP contribution in [-0.2, 0) is 9.59 Å². The summed E-state index contributed by atoms with van der Waals surface area (Å²) in [4.78, 5) is 26.9. The smallest absolute Gasteiger partial charge is 0.265 e. The van der Waals surface area contributed by atoms with E-state index in [1.165, 1.54) is 4.90 Å². The molecule has 1 atom stereocenters. The summed E-state index contributed by atoms with van der Waals surface area (Å²) in [5.74, 6) is 0.158. The first kappa shape index (κ1) is 17.7. The zero-order valence-electron chi connectivity index (χ0n) is 14.9. The number of nitrogens with one attached hydrogen (secondary N) is 1. The van der Waals surface area contributed by atoms with Gasteiger partial charge in [0.1, 0.15) is 11.8 Å². The van der Waals surface area contributed by atoms with E-state index in [4.69, 9.17) is 4.74 Å². The molecule has 1 heterocycles. The molecule has 134 valence electrons. The third kappa shape index (κ3) is 3.94. The molecular formula is C21H22N2O3. The molecular weight excluding hydrogens is 328 g/mol. The van der Waals surface area contributed by atoms with Gasteiger partial charge in [0, 0.05) is 6.20 Å². The van der Waals surface area contributed by atoms with Crippen LogP contribution in [0.1, 0.15) is 19.4 Å². The van der Waals surface area contributed by atoms with E-state index in [1.54, 1.807) is 18.3 Å². The minimum absolute atomic E-state index is 0.0238. The quantitative estimate of drug-likeness (QED) is 0.902. The summed E-state index contributed by atoms with van der Waals surface area (Å²) < 4.78 is 5.57. The summed E-state index contributed by atoms with van der Waals surface area (Å²) in [6.45, 7) is 3.72. The van der Waals surface area contributed by atoms with Gasteiger partial charge in [-0.2, -0.15) is 0 Å². The van der Waals surface area contributed by atoms with E-state index < -0.39 is 6.04 Å². The minimum Gasteiger partial charge on any atom is -0.484 e. The Labute approximate surface area is 153 Å². The molecule has 0 radical (unpaired) electrons. The van der Waals surface area contributed by atoms with Crippen molar-refractivity contribution in [3.8, 4) is 5.75 Å². The number of carbonyl (C=O) groups is 2. The molecule has 26 heavy (non-hydrogen) atoms. The number of rotatable bonds is 5. The third-order valence-electron chi connectivity index (χ3n) is 4.20. The average Bonchev–Trinajstić information content (AvgIpc) is 2.66. The van der Waals surface area contributed by atoms with Crippen molar-refractivity contribution in [2.45, 2.75) is 19.9 Å². The molecule has 2 aromatic rings. The molecule has 1 N–H and O–H groups in total. The second-order valence-electron chi connectivity index (χ2n) is 6.49. The van der Waals surface area contributed by atoms with Gasteiger partial charge in [-0.3, -0.25) is 9.59 Å². The fraction of sp³-hybridized carbons (Fsp3) is 0.238. The fourth-order valence-corrected chi connectivity index (χ4v) is 2.94. The predicted molar refractivity (Wildman–Crippen MR) is 100.0 cm³/mol. The lowest BCUT2D eigenvalue weighted by molar-refractivity contribution is -0.140. The molecule has 1 unspecified atom stereocenters. The number of benzene rings is 2. The number of nitrogens with zero attached hydrogens (tertiary/aromatic N) is 1. The Balaban J connectivity index is 1.84. The zero-order chi connectivity index (χ0) is 18.5. The Bertz CT molecular complexity index is 801. The molecule has 0 aliphatic carbocycles. The van der Waals surface area contributed by atoms with Crippen LogP contribution in [0.2, 0.25) is 0 Å². The van der Waals surface area contributed by atoms with Gasteiger partial charge in [0.15, 0.2) is 6.61 Å². The summed E-state index contributed by atoms with van der Waals surface area (Å²) in [6, 6.07) is 18.1. The van der Waals surface area contributed by atoms with Gasteiger partial charge in [-0.05, 0) is 23.6 Å². The molecule has 0 spiro atoms. The standard InChI is InChI=1S/C21H22N2O3/c1-15(2)20-21(25)22-18(16-9-5-3-6-10-16)13-23(20)19(24)14-26-17-11-7-4-8-12-17/h3-13,15,20H,14H2,1-2H3,(H,22,25). The molecule has 1 aliphatic rings. The van der Waals surface area contributed by atoms with Crippen molar-refractivity contribution in [2.75, 3.05) is 6.61 Å². The Morgan fingerprint density at radius 1 is 1.08 bits per heavy atom. The monoisotopic (exact) mass is 350 g/mol. The fourth-order valence-electron chi connectivity index (χ4n) is 2.94. The Morgan fingerprint density at radius 3 is 2.31 bits per heavy atom. The summed E-state index contributed by atoms with van der Waals surface area (Å²) in [5, 5.41) is 2.91.